The van der Waals surface area contributed by atoms with Crippen molar-refractivity contribution in [3.63, 3.8) is 0 Å². The van der Waals surface area contributed by atoms with Gasteiger partial charge in [0.2, 0.25) is 5.91 Å². The van der Waals surface area contributed by atoms with E-state index < -0.39 is 25.3 Å². The van der Waals surface area contributed by atoms with Crippen molar-refractivity contribution in [2.45, 2.75) is 26.9 Å². The van der Waals surface area contributed by atoms with Gasteiger partial charge in [-0.15, -0.1) is 0 Å². The summed E-state index contributed by atoms with van der Waals surface area (Å²) in [6.45, 7) is 3.23. The van der Waals surface area contributed by atoms with Crippen molar-refractivity contribution in [1.82, 2.24) is 4.98 Å². The number of halogens is 3. The summed E-state index contributed by atoms with van der Waals surface area (Å²) in [7, 11) is 0. The smallest absolute Gasteiger partial charge is 0.362 e. The lowest BCUT2D eigenvalue weighted by atomic mass is 10.1. The molecule has 1 amide bonds. The number of ether oxygens (including phenoxy) is 1. The van der Waals surface area contributed by atoms with E-state index in [9.17, 15) is 18.0 Å². The summed E-state index contributed by atoms with van der Waals surface area (Å²) in [4.78, 5) is 15.6. The molecule has 1 aromatic heterocycles. The number of alkyl halides is 3. The number of nitrogens with one attached hydrogen (secondary N) is 1. The Labute approximate surface area is 109 Å². The van der Waals surface area contributed by atoms with Gasteiger partial charge in [-0.2, -0.15) is 13.2 Å². The highest BCUT2D eigenvalue weighted by molar-refractivity contribution is 5.93. The number of rotatable bonds is 4. The van der Waals surface area contributed by atoms with Crippen molar-refractivity contribution in [3.8, 4) is 0 Å². The van der Waals surface area contributed by atoms with E-state index in [0.29, 0.717) is 11.4 Å². The van der Waals surface area contributed by atoms with Gasteiger partial charge in [0.15, 0.2) is 0 Å². The SMILES string of the molecule is Cc1cc(C)c(NC(=O)COCC(F)(F)F)c(C)n1. The molecular weight excluding hydrogens is 261 g/mol. The van der Waals surface area contributed by atoms with Crippen LogP contribution in [0.5, 0.6) is 0 Å². The van der Waals surface area contributed by atoms with E-state index >= 15 is 0 Å². The number of pyridine rings is 1. The van der Waals surface area contributed by atoms with Crippen LogP contribution in [0.3, 0.4) is 0 Å². The third-order valence-electron chi connectivity index (χ3n) is 2.29. The maximum Gasteiger partial charge on any atom is 0.411 e. The second-order valence-electron chi connectivity index (χ2n) is 4.20. The van der Waals surface area contributed by atoms with E-state index in [1.54, 1.807) is 19.9 Å². The number of carbonyl (C=O) groups is 1. The quantitative estimate of drug-likeness (QED) is 0.919. The maximum absolute atomic E-state index is 11.8. The lowest BCUT2D eigenvalue weighted by Gasteiger charge is -2.12. The monoisotopic (exact) mass is 276 g/mol. The fraction of sp³-hybridized carbons (Fsp3) is 0.500. The second-order valence-corrected chi connectivity index (χ2v) is 4.20. The lowest BCUT2D eigenvalue weighted by Crippen LogP contribution is -2.24. The first-order chi connectivity index (χ1) is 8.69. The molecule has 0 radical (unpaired) electrons. The number of amides is 1. The van der Waals surface area contributed by atoms with Crippen LogP contribution in [0.25, 0.3) is 0 Å². The molecule has 0 unspecified atom stereocenters. The Balaban J connectivity index is 2.58. The highest BCUT2D eigenvalue weighted by Gasteiger charge is 2.27. The zero-order valence-electron chi connectivity index (χ0n) is 10.9. The minimum atomic E-state index is -4.43. The number of carbonyl (C=O) groups excluding carboxylic acids is 1. The van der Waals surface area contributed by atoms with E-state index in [0.717, 1.165) is 11.3 Å². The molecule has 0 aromatic carbocycles. The zero-order chi connectivity index (χ0) is 14.6. The molecular formula is C12H15F3N2O2. The molecule has 1 aromatic rings. The summed E-state index contributed by atoms with van der Waals surface area (Å²) in [5, 5.41) is 2.50. The van der Waals surface area contributed by atoms with E-state index in [-0.39, 0.29) is 0 Å². The predicted octanol–water partition coefficient (Wildman–Crippen LogP) is 2.52. The topological polar surface area (TPSA) is 51.2 Å². The van der Waals surface area contributed by atoms with Crippen LogP contribution in [0, 0.1) is 20.8 Å². The molecule has 0 bridgehead atoms. The fourth-order valence-corrected chi connectivity index (χ4v) is 1.65. The molecule has 0 aliphatic carbocycles. The number of aryl methyl sites for hydroxylation is 3. The van der Waals surface area contributed by atoms with Crippen LogP contribution < -0.4 is 5.32 Å². The first-order valence-electron chi connectivity index (χ1n) is 5.58. The predicted molar refractivity (Wildman–Crippen MR) is 64.0 cm³/mol. The average molecular weight is 276 g/mol. The Hall–Kier alpha value is -1.63. The largest absolute Gasteiger partial charge is 0.411 e. The maximum atomic E-state index is 11.8. The summed E-state index contributed by atoms with van der Waals surface area (Å²) in [5.41, 5.74) is 2.73. The van der Waals surface area contributed by atoms with Gasteiger partial charge in [-0.05, 0) is 32.4 Å². The number of hydrogen-bond donors (Lipinski definition) is 1. The lowest BCUT2D eigenvalue weighted by molar-refractivity contribution is -0.174. The van der Waals surface area contributed by atoms with Gasteiger partial charge in [-0.3, -0.25) is 9.78 Å². The van der Waals surface area contributed by atoms with Crippen molar-refractivity contribution in [2.75, 3.05) is 18.5 Å². The first-order valence-corrected chi connectivity index (χ1v) is 5.58. The van der Waals surface area contributed by atoms with Gasteiger partial charge in [-0.1, -0.05) is 0 Å². The molecule has 0 saturated heterocycles. The van der Waals surface area contributed by atoms with E-state index in [4.69, 9.17) is 0 Å². The molecule has 4 nitrogen and oxygen atoms in total. The first kappa shape index (κ1) is 15.4. The van der Waals surface area contributed by atoms with Gasteiger partial charge < -0.3 is 10.1 Å². The van der Waals surface area contributed by atoms with Gasteiger partial charge in [0.05, 0.1) is 11.4 Å². The van der Waals surface area contributed by atoms with Crippen molar-refractivity contribution in [3.05, 3.63) is 23.0 Å². The van der Waals surface area contributed by atoms with Crippen LogP contribution in [0.2, 0.25) is 0 Å². The Morgan fingerprint density at radius 1 is 1.37 bits per heavy atom. The zero-order valence-corrected chi connectivity index (χ0v) is 10.9. The Morgan fingerprint density at radius 3 is 2.53 bits per heavy atom. The number of aromatic nitrogens is 1. The van der Waals surface area contributed by atoms with Crippen LogP contribution in [0.1, 0.15) is 17.0 Å². The number of hydrogen-bond acceptors (Lipinski definition) is 3. The van der Waals surface area contributed by atoms with E-state index in [1.165, 1.54) is 0 Å². The molecule has 1 N–H and O–H groups in total. The number of nitrogens with zero attached hydrogens (tertiary/aromatic N) is 1. The van der Waals surface area contributed by atoms with Crippen LogP contribution in [0.15, 0.2) is 6.07 Å². The normalized spacial score (nSPS) is 11.5. The van der Waals surface area contributed by atoms with Crippen molar-refractivity contribution >= 4 is 11.6 Å². The van der Waals surface area contributed by atoms with Gasteiger partial charge in [0, 0.05) is 5.69 Å². The highest BCUT2D eigenvalue weighted by Crippen LogP contribution is 2.19. The summed E-state index contributed by atoms with van der Waals surface area (Å²) < 4.78 is 39.8. The van der Waals surface area contributed by atoms with E-state index in [1.807, 2.05) is 6.92 Å². The molecule has 0 spiro atoms. The number of anilines is 1. The van der Waals surface area contributed by atoms with Crippen LogP contribution in [0.4, 0.5) is 18.9 Å². The summed E-state index contributed by atoms with van der Waals surface area (Å²) in [6, 6.07) is 1.78. The second kappa shape index (κ2) is 6.01. The van der Waals surface area contributed by atoms with Crippen LogP contribution in [-0.4, -0.2) is 30.3 Å². The summed E-state index contributed by atoms with van der Waals surface area (Å²) in [5.74, 6) is -0.638. The molecule has 0 aliphatic rings. The summed E-state index contributed by atoms with van der Waals surface area (Å²) in [6.07, 6.45) is -4.43. The molecule has 19 heavy (non-hydrogen) atoms. The Kier molecular flexibility index (Phi) is 4.88. The Morgan fingerprint density at radius 2 is 2.00 bits per heavy atom. The third-order valence-corrected chi connectivity index (χ3v) is 2.29. The average Bonchev–Trinajstić information content (AvgIpc) is 2.21. The highest BCUT2D eigenvalue weighted by atomic mass is 19.4. The molecule has 7 heteroatoms. The Bertz CT molecular complexity index is 450. The van der Waals surface area contributed by atoms with Gasteiger partial charge >= 0.3 is 6.18 Å². The molecule has 0 atom stereocenters. The van der Waals surface area contributed by atoms with Crippen molar-refractivity contribution in [2.24, 2.45) is 0 Å². The van der Waals surface area contributed by atoms with Gasteiger partial charge in [-0.25, -0.2) is 0 Å². The van der Waals surface area contributed by atoms with Crippen LogP contribution >= 0.6 is 0 Å². The molecule has 106 valence electrons. The fourth-order valence-electron chi connectivity index (χ4n) is 1.65. The molecule has 0 saturated carbocycles. The van der Waals surface area contributed by atoms with Gasteiger partial charge in [0.1, 0.15) is 13.2 Å². The minimum absolute atomic E-state index is 0.506. The minimum Gasteiger partial charge on any atom is -0.362 e. The summed E-state index contributed by atoms with van der Waals surface area (Å²) >= 11 is 0. The molecule has 1 heterocycles. The van der Waals surface area contributed by atoms with E-state index in [2.05, 4.69) is 15.0 Å². The van der Waals surface area contributed by atoms with Crippen LogP contribution in [-0.2, 0) is 9.53 Å². The molecule has 1 rings (SSSR count). The molecule has 0 aliphatic heterocycles. The standard InChI is InChI=1S/C12H15F3N2O2/c1-7-4-8(2)16-9(3)11(7)17-10(18)5-19-6-12(13,14)15/h4H,5-6H2,1-3H3,(H,17,18). The third kappa shape index (κ3) is 5.25. The molecule has 0 fully saturated rings. The van der Waals surface area contributed by atoms with Crippen molar-refractivity contribution in [1.29, 1.82) is 0 Å². The van der Waals surface area contributed by atoms with Gasteiger partial charge in [0.25, 0.3) is 0 Å². The van der Waals surface area contributed by atoms with Crippen molar-refractivity contribution < 1.29 is 22.7 Å².